The largest absolute Gasteiger partial charge is 0.350 e. The highest BCUT2D eigenvalue weighted by atomic mass is 32.2. The van der Waals surface area contributed by atoms with Crippen LogP contribution < -0.4 is 10.2 Å². The molecule has 0 saturated carbocycles. The van der Waals surface area contributed by atoms with Gasteiger partial charge in [-0.3, -0.25) is 19.5 Å². The van der Waals surface area contributed by atoms with Crippen LogP contribution in [0.1, 0.15) is 54.0 Å². The minimum absolute atomic E-state index is 0.177. The number of pyridine rings is 1. The van der Waals surface area contributed by atoms with E-state index in [1.807, 2.05) is 31.2 Å². The zero-order valence-corrected chi connectivity index (χ0v) is 23.8. The first-order chi connectivity index (χ1) is 19.1. The molecule has 1 atom stereocenters. The average molecular weight is 558 g/mol. The number of nitrogens with zero attached hydrogens (tertiary/aromatic N) is 4. The van der Waals surface area contributed by atoms with E-state index in [0.29, 0.717) is 18.1 Å². The predicted octanol–water partition coefficient (Wildman–Crippen LogP) is 5.50. The lowest BCUT2D eigenvalue weighted by molar-refractivity contribution is -0.123. The maximum Gasteiger partial charge on any atom is 0.240 e. The van der Waals surface area contributed by atoms with Gasteiger partial charge in [-0.25, -0.2) is 9.07 Å². The van der Waals surface area contributed by atoms with E-state index in [0.717, 1.165) is 27.9 Å². The van der Waals surface area contributed by atoms with Crippen LogP contribution in [-0.2, 0) is 21.5 Å². The lowest BCUT2D eigenvalue weighted by Gasteiger charge is -2.24. The van der Waals surface area contributed by atoms with Crippen molar-refractivity contribution in [1.82, 2.24) is 20.1 Å². The van der Waals surface area contributed by atoms with Crippen molar-refractivity contribution in [2.45, 2.75) is 44.9 Å². The van der Waals surface area contributed by atoms with E-state index in [-0.39, 0.29) is 40.6 Å². The maximum atomic E-state index is 13.9. The Balaban J connectivity index is 1.65. The zero-order chi connectivity index (χ0) is 28.4. The molecule has 0 unspecified atom stereocenters. The van der Waals surface area contributed by atoms with Gasteiger partial charge in [-0.05, 0) is 48.4 Å². The van der Waals surface area contributed by atoms with Gasteiger partial charge in [0.15, 0.2) is 0 Å². The topological polar surface area (TPSA) is 80.1 Å². The van der Waals surface area contributed by atoms with E-state index in [2.05, 4.69) is 43.2 Å². The predicted molar refractivity (Wildman–Crippen MR) is 156 cm³/mol. The Hall–Kier alpha value is -3.98. The van der Waals surface area contributed by atoms with Gasteiger partial charge < -0.3 is 5.32 Å². The van der Waals surface area contributed by atoms with Crippen molar-refractivity contribution in [1.29, 1.82) is 0 Å². The highest BCUT2D eigenvalue weighted by Crippen LogP contribution is 2.48. The van der Waals surface area contributed by atoms with Crippen LogP contribution in [0.3, 0.4) is 0 Å². The number of rotatable bonds is 6. The number of thioether (sulfide) groups is 1. The average Bonchev–Trinajstić information content (AvgIpc) is 3.26. The summed E-state index contributed by atoms with van der Waals surface area (Å²) < 4.78 is 15.6. The molecule has 0 fully saturated rings. The number of halogens is 1. The van der Waals surface area contributed by atoms with Crippen molar-refractivity contribution in [3.05, 3.63) is 107 Å². The Morgan fingerprint density at radius 3 is 2.58 bits per heavy atom. The third-order valence-corrected chi connectivity index (χ3v) is 7.98. The summed E-state index contributed by atoms with van der Waals surface area (Å²) in [6.45, 7) is 8.42. The Bertz CT molecular complexity index is 1530. The van der Waals surface area contributed by atoms with Gasteiger partial charge in [0, 0.05) is 29.9 Å². The van der Waals surface area contributed by atoms with Crippen molar-refractivity contribution in [3.63, 3.8) is 0 Å². The second kappa shape index (κ2) is 11.3. The SMILES string of the molecule is Cc1cccc([C@@H]2SCC(=O)N(CC(=O)NCc3cccnc3)c3c2c(C(C)(C)C)nn3-c2ccc(F)cc2)c1. The van der Waals surface area contributed by atoms with E-state index in [9.17, 15) is 14.0 Å². The van der Waals surface area contributed by atoms with E-state index >= 15 is 0 Å². The van der Waals surface area contributed by atoms with E-state index in [1.54, 1.807) is 29.2 Å². The van der Waals surface area contributed by atoms with Crippen LogP contribution in [0, 0.1) is 12.7 Å². The first kappa shape index (κ1) is 27.6. The summed E-state index contributed by atoms with van der Waals surface area (Å²) in [6.07, 6.45) is 3.37. The second-order valence-corrected chi connectivity index (χ2v) is 12.0. The standard InChI is InChI=1S/C31H32FN5O2S/c1-20-7-5-9-22(15-20)28-27-29(31(2,3)4)35-37(24-12-10-23(32)11-13-24)30(27)36(26(39)19-40-28)18-25(38)34-17-21-8-6-14-33-16-21/h5-16,28H,17-19H2,1-4H3,(H,34,38)/t28-/m0/s1. The number of amides is 2. The molecular formula is C31H32FN5O2S. The van der Waals surface area contributed by atoms with Crippen LogP contribution in [0.5, 0.6) is 0 Å². The van der Waals surface area contributed by atoms with Gasteiger partial charge in [-0.15, -0.1) is 11.8 Å². The molecule has 2 aromatic carbocycles. The van der Waals surface area contributed by atoms with Crippen molar-refractivity contribution >= 4 is 29.4 Å². The van der Waals surface area contributed by atoms with Crippen molar-refractivity contribution in [2.24, 2.45) is 0 Å². The zero-order valence-electron chi connectivity index (χ0n) is 23.0. The molecule has 206 valence electrons. The minimum atomic E-state index is -0.375. The molecule has 7 nitrogen and oxygen atoms in total. The van der Waals surface area contributed by atoms with Gasteiger partial charge in [0.25, 0.3) is 0 Å². The smallest absolute Gasteiger partial charge is 0.240 e. The molecular weight excluding hydrogens is 525 g/mol. The number of aryl methyl sites for hydroxylation is 1. The first-order valence-electron chi connectivity index (χ1n) is 13.2. The highest BCUT2D eigenvalue weighted by Gasteiger charge is 2.40. The molecule has 0 aliphatic carbocycles. The molecule has 1 N–H and O–H groups in total. The Morgan fingerprint density at radius 2 is 1.90 bits per heavy atom. The van der Waals surface area contributed by atoms with E-state index in [1.165, 1.54) is 28.8 Å². The normalized spacial score (nSPS) is 15.5. The second-order valence-electron chi connectivity index (χ2n) is 10.9. The van der Waals surface area contributed by atoms with Gasteiger partial charge in [-0.1, -0.05) is 56.7 Å². The fourth-order valence-electron chi connectivity index (χ4n) is 4.83. The number of hydrogen-bond acceptors (Lipinski definition) is 5. The molecule has 2 amide bonds. The highest BCUT2D eigenvalue weighted by molar-refractivity contribution is 8.00. The van der Waals surface area contributed by atoms with Crippen molar-refractivity contribution in [3.8, 4) is 5.69 Å². The molecule has 1 aliphatic heterocycles. The number of carbonyl (C=O) groups excluding carboxylic acids is 2. The summed E-state index contributed by atoms with van der Waals surface area (Å²) in [7, 11) is 0. The Kier molecular flexibility index (Phi) is 7.76. The first-order valence-corrected chi connectivity index (χ1v) is 14.2. The number of benzene rings is 2. The summed E-state index contributed by atoms with van der Waals surface area (Å²) in [5, 5.41) is 7.76. The van der Waals surface area contributed by atoms with Gasteiger partial charge in [0.2, 0.25) is 11.8 Å². The molecule has 1 aliphatic rings. The number of fused-ring (bicyclic) bond motifs is 1. The summed E-state index contributed by atoms with van der Waals surface area (Å²) in [6, 6.07) is 18.0. The molecule has 40 heavy (non-hydrogen) atoms. The number of hydrogen-bond donors (Lipinski definition) is 1. The van der Waals surface area contributed by atoms with E-state index in [4.69, 9.17) is 5.10 Å². The summed E-state index contributed by atoms with van der Waals surface area (Å²) in [5.41, 5.74) is 4.98. The number of carbonyl (C=O) groups is 2. The fourth-order valence-corrected chi connectivity index (χ4v) is 6.02. The number of aromatic nitrogens is 3. The van der Waals surface area contributed by atoms with Gasteiger partial charge in [-0.2, -0.15) is 5.10 Å². The molecule has 5 rings (SSSR count). The summed E-state index contributed by atoms with van der Waals surface area (Å²) in [5.74, 6) is -0.132. The fraction of sp³-hybridized carbons (Fsp3) is 0.290. The lowest BCUT2D eigenvalue weighted by atomic mass is 9.87. The van der Waals surface area contributed by atoms with Crippen molar-refractivity contribution in [2.75, 3.05) is 17.2 Å². The molecule has 0 spiro atoms. The Labute approximate surface area is 237 Å². The minimum Gasteiger partial charge on any atom is -0.350 e. The summed E-state index contributed by atoms with van der Waals surface area (Å²) in [4.78, 5) is 32.6. The van der Waals surface area contributed by atoms with Crippen molar-refractivity contribution < 1.29 is 14.0 Å². The van der Waals surface area contributed by atoms with Gasteiger partial charge >= 0.3 is 0 Å². The molecule has 9 heteroatoms. The molecule has 0 bridgehead atoms. The molecule has 3 heterocycles. The maximum absolute atomic E-state index is 13.9. The Morgan fingerprint density at radius 1 is 1.12 bits per heavy atom. The molecule has 0 radical (unpaired) electrons. The molecule has 2 aromatic heterocycles. The van der Waals surface area contributed by atoms with Crippen LogP contribution in [0.2, 0.25) is 0 Å². The number of anilines is 1. The number of nitrogens with one attached hydrogen (secondary N) is 1. The molecule has 0 saturated heterocycles. The van der Waals surface area contributed by atoms with Crippen LogP contribution in [0.25, 0.3) is 5.69 Å². The summed E-state index contributed by atoms with van der Waals surface area (Å²) >= 11 is 1.53. The van der Waals surface area contributed by atoms with Gasteiger partial charge in [0.1, 0.15) is 18.2 Å². The third kappa shape index (κ3) is 5.79. The van der Waals surface area contributed by atoms with Crippen LogP contribution in [0.4, 0.5) is 10.2 Å². The quantitative estimate of drug-likeness (QED) is 0.339. The van der Waals surface area contributed by atoms with Crippen LogP contribution >= 0.6 is 11.8 Å². The molecule has 4 aromatic rings. The van der Waals surface area contributed by atoms with Crippen LogP contribution in [-0.4, -0.2) is 38.9 Å². The van der Waals surface area contributed by atoms with Crippen LogP contribution in [0.15, 0.2) is 73.1 Å². The monoisotopic (exact) mass is 557 g/mol. The third-order valence-electron chi connectivity index (χ3n) is 6.73. The van der Waals surface area contributed by atoms with E-state index < -0.39 is 0 Å². The lowest BCUT2D eigenvalue weighted by Crippen LogP contribution is -2.42. The van der Waals surface area contributed by atoms with Gasteiger partial charge in [0.05, 0.1) is 22.4 Å².